The number of aliphatic hydroxyl groups is 1. The number of rotatable bonds is 87. The molecule has 5 atom stereocenters. The van der Waals surface area contributed by atoms with E-state index in [9.17, 15) is 43.2 Å². The first-order valence-electron chi connectivity index (χ1n) is 44.8. The van der Waals surface area contributed by atoms with E-state index in [1.807, 2.05) is 0 Å². The zero-order chi connectivity index (χ0) is 76.7. The number of ether oxygens (including phenoxy) is 4. The molecule has 0 heterocycles. The van der Waals surface area contributed by atoms with E-state index in [0.717, 1.165) is 89.9 Å². The highest BCUT2D eigenvalue weighted by Gasteiger charge is 2.30. The molecule has 0 spiro atoms. The summed E-state index contributed by atoms with van der Waals surface area (Å²) in [6.07, 6.45) is 75.0. The SMILES string of the molecule is CCCCCCCCCCCCCCCCCCCCCCCC(=O)O[C@H](COC(=O)CCCCCCCCCCCCCCCCCCCCC)COP(=O)(O)OC[C@@H](O)COP(=O)(O)OC[C@@H](COC(=O)CCCCCCCCCCCC)OC(=O)CCCCCCCCCCCCCCCCC. The van der Waals surface area contributed by atoms with Gasteiger partial charge >= 0.3 is 39.5 Å². The number of esters is 4. The molecule has 0 radical (unpaired) electrons. The average molecular weight is 1540 g/mol. The molecule has 0 aliphatic rings. The van der Waals surface area contributed by atoms with Crippen molar-refractivity contribution in [2.75, 3.05) is 39.6 Å². The third-order valence-electron chi connectivity index (χ3n) is 20.4. The maximum Gasteiger partial charge on any atom is 0.472 e. The summed E-state index contributed by atoms with van der Waals surface area (Å²) in [7, 11) is -9.92. The number of phosphoric acid groups is 2. The Morgan fingerprint density at radius 2 is 0.381 bits per heavy atom. The van der Waals surface area contributed by atoms with E-state index >= 15 is 0 Å². The maximum absolute atomic E-state index is 13.1. The molecule has 0 bridgehead atoms. The summed E-state index contributed by atoms with van der Waals surface area (Å²) >= 11 is 0. The second kappa shape index (κ2) is 80.1. The van der Waals surface area contributed by atoms with Crippen LogP contribution in [0.15, 0.2) is 0 Å². The molecule has 17 nitrogen and oxygen atoms in total. The molecule has 0 aliphatic carbocycles. The Bertz CT molecular complexity index is 1980. The highest BCUT2D eigenvalue weighted by Crippen LogP contribution is 2.45. The quantitative estimate of drug-likeness (QED) is 0.0222. The maximum atomic E-state index is 13.1. The molecule has 2 unspecified atom stereocenters. The van der Waals surface area contributed by atoms with Crippen molar-refractivity contribution in [2.24, 2.45) is 0 Å². The summed E-state index contributed by atoms with van der Waals surface area (Å²) in [5, 5.41) is 10.7. The lowest BCUT2D eigenvalue weighted by molar-refractivity contribution is -0.161. The molecule has 0 amide bonds. The molecule has 3 N–H and O–H groups in total. The number of hydrogen-bond donors (Lipinski definition) is 3. The Hall–Kier alpha value is -1.94. The van der Waals surface area contributed by atoms with Gasteiger partial charge in [0.15, 0.2) is 12.2 Å². The fourth-order valence-corrected chi connectivity index (χ4v) is 15.1. The Morgan fingerprint density at radius 1 is 0.229 bits per heavy atom. The van der Waals surface area contributed by atoms with Crippen LogP contribution >= 0.6 is 15.6 Å². The molecule has 0 rings (SSSR count). The van der Waals surface area contributed by atoms with Gasteiger partial charge in [0.1, 0.15) is 19.3 Å². The van der Waals surface area contributed by atoms with Crippen LogP contribution in [0.2, 0.25) is 0 Å². The van der Waals surface area contributed by atoms with E-state index in [1.54, 1.807) is 0 Å². The molecule has 0 aromatic carbocycles. The Balaban J connectivity index is 5.21. The molecule has 0 saturated heterocycles. The normalized spacial score (nSPS) is 13.7. The van der Waals surface area contributed by atoms with Gasteiger partial charge in [-0.3, -0.25) is 37.3 Å². The van der Waals surface area contributed by atoms with Crippen molar-refractivity contribution in [1.82, 2.24) is 0 Å². The van der Waals surface area contributed by atoms with Gasteiger partial charge in [0.2, 0.25) is 0 Å². The highest BCUT2D eigenvalue weighted by molar-refractivity contribution is 7.47. The summed E-state index contributed by atoms with van der Waals surface area (Å²) in [5.74, 6) is -2.10. The molecule has 624 valence electrons. The summed E-state index contributed by atoms with van der Waals surface area (Å²) in [4.78, 5) is 73.2. The number of phosphoric ester groups is 2. The second-order valence-corrected chi connectivity index (χ2v) is 33.8. The van der Waals surface area contributed by atoms with Crippen molar-refractivity contribution >= 4 is 39.5 Å². The first-order valence-corrected chi connectivity index (χ1v) is 47.8. The fourth-order valence-electron chi connectivity index (χ4n) is 13.5. The summed E-state index contributed by atoms with van der Waals surface area (Å²) in [6.45, 7) is 5.05. The number of carbonyl (C=O) groups excluding carboxylic acids is 4. The van der Waals surface area contributed by atoms with Crippen molar-refractivity contribution in [3.63, 3.8) is 0 Å². The third-order valence-corrected chi connectivity index (χ3v) is 22.3. The smallest absolute Gasteiger partial charge is 0.462 e. The van der Waals surface area contributed by atoms with Crippen molar-refractivity contribution in [1.29, 1.82) is 0 Å². The number of aliphatic hydroxyl groups excluding tert-OH is 1. The van der Waals surface area contributed by atoms with E-state index in [1.165, 1.54) is 302 Å². The van der Waals surface area contributed by atoms with E-state index in [2.05, 4.69) is 27.7 Å². The van der Waals surface area contributed by atoms with Gasteiger partial charge in [-0.05, 0) is 25.7 Å². The minimum atomic E-state index is -4.96. The Morgan fingerprint density at radius 3 is 0.562 bits per heavy atom. The highest BCUT2D eigenvalue weighted by atomic mass is 31.2. The first-order chi connectivity index (χ1) is 51.2. The average Bonchev–Trinajstić information content (AvgIpc) is 0.905. The van der Waals surface area contributed by atoms with Gasteiger partial charge < -0.3 is 33.8 Å². The van der Waals surface area contributed by atoms with Crippen LogP contribution in [0.1, 0.15) is 471 Å². The van der Waals surface area contributed by atoms with Crippen molar-refractivity contribution in [3.8, 4) is 0 Å². The summed E-state index contributed by atoms with van der Waals surface area (Å²) in [6, 6.07) is 0. The van der Waals surface area contributed by atoms with Crippen LogP contribution in [0.25, 0.3) is 0 Å². The molecule has 0 aliphatic heterocycles. The van der Waals surface area contributed by atoms with Gasteiger partial charge in [0, 0.05) is 25.7 Å². The number of carbonyl (C=O) groups is 4. The topological polar surface area (TPSA) is 237 Å². The molecule has 0 fully saturated rings. The number of unbranched alkanes of at least 4 members (excludes halogenated alkanes) is 61. The van der Waals surface area contributed by atoms with E-state index in [-0.39, 0.29) is 25.7 Å². The lowest BCUT2D eigenvalue weighted by atomic mass is 10.0. The predicted octanol–water partition coefficient (Wildman–Crippen LogP) is 26.5. The molecule has 0 aromatic rings. The largest absolute Gasteiger partial charge is 0.472 e. The zero-order valence-corrected chi connectivity index (χ0v) is 70.5. The molecule has 0 aromatic heterocycles. The van der Waals surface area contributed by atoms with Crippen LogP contribution in [0.5, 0.6) is 0 Å². The van der Waals surface area contributed by atoms with E-state index in [0.29, 0.717) is 25.7 Å². The lowest BCUT2D eigenvalue weighted by Crippen LogP contribution is -2.30. The van der Waals surface area contributed by atoms with Gasteiger partial charge in [0.05, 0.1) is 26.4 Å². The standard InChI is InChI=1S/C86H168O17P2/c1-5-9-13-17-21-25-29-32-35-37-39-40-42-44-47-50-53-57-61-65-69-73-86(91)103-82(77-97-84(89)71-67-63-59-55-51-48-46-43-41-38-36-33-30-26-22-18-14-10-6-2)79-101-105(94,95)99-75-80(87)74-98-104(92,93)100-78-81(76-96-83(88)70-66-62-58-54-28-24-20-16-12-8-4)102-85(90)72-68-64-60-56-52-49-45-34-31-27-23-19-15-11-7-3/h80-82,87H,5-79H2,1-4H3,(H,92,93)(H,94,95)/t80-,81+,82+/m0/s1. The van der Waals surface area contributed by atoms with Crippen molar-refractivity contribution in [3.05, 3.63) is 0 Å². The Kier molecular flexibility index (Phi) is 78.6. The van der Waals surface area contributed by atoms with Gasteiger partial charge in [-0.25, -0.2) is 9.13 Å². The summed E-state index contributed by atoms with van der Waals surface area (Å²) < 4.78 is 68.9. The molecular formula is C86H168O17P2. The van der Waals surface area contributed by atoms with Crippen LogP contribution < -0.4 is 0 Å². The first kappa shape index (κ1) is 103. The third kappa shape index (κ3) is 79.9. The van der Waals surface area contributed by atoms with Crippen LogP contribution in [0.4, 0.5) is 0 Å². The fraction of sp³-hybridized carbons (Fsp3) is 0.953. The minimum Gasteiger partial charge on any atom is -0.462 e. The van der Waals surface area contributed by atoms with Crippen LogP contribution in [0.3, 0.4) is 0 Å². The molecule has 105 heavy (non-hydrogen) atoms. The van der Waals surface area contributed by atoms with E-state index < -0.39 is 97.5 Å². The zero-order valence-electron chi connectivity index (χ0n) is 68.7. The van der Waals surface area contributed by atoms with Crippen LogP contribution in [-0.4, -0.2) is 96.7 Å². The molecule has 19 heteroatoms. The second-order valence-electron chi connectivity index (χ2n) is 30.9. The molecular weight excluding hydrogens is 1370 g/mol. The van der Waals surface area contributed by atoms with Gasteiger partial charge in [-0.15, -0.1) is 0 Å². The Labute approximate surface area is 645 Å². The van der Waals surface area contributed by atoms with Gasteiger partial charge in [0.25, 0.3) is 0 Å². The number of hydrogen-bond acceptors (Lipinski definition) is 15. The summed E-state index contributed by atoms with van der Waals surface area (Å²) in [5.41, 5.74) is 0. The van der Waals surface area contributed by atoms with Crippen LogP contribution in [-0.2, 0) is 65.4 Å². The lowest BCUT2D eigenvalue weighted by Gasteiger charge is -2.21. The van der Waals surface area contributed by atoms with Gasteiger partial charge in [-0.1, -0.05) is 419 Å². The monoisotopic (exact) mass is 1540 g/mol. The predicted molar refractivity (Wildman–Crippen MR) is 432 cm³/mol. The van der Waals surface area contributed by atoms with E-state index in [4.69, 9.17) is 37.0 Å². The van der Waals surface area contributed by atoms with Crippen molar-refractivity contribution < 1.29 is 80.2 Å². The molecule has 0 saturated carbocycles. The van der Waals surface area contributed by atoms with Crippen molar-refractivity contribution in [2.45, 2.75) is 489 Å². The van der Waals surface area contributed by atoms with Gasteiger partial charge in [-0.2, -0.15) is 0 Å². The van der Waals surface area contributed by atoms with Crippen LogP contribution in [0, 0.1) is 0 Å². The minimum absolute atomic E-state index is 0.109.